The maximum absolute atomic E-state index is 13.4. The third-order valence-corrected chi connectivity index (χ3v) is 6.44. The topological polar surface area (TPSA) is 123 Å². The number of rotatable bonds is 8. The van der Waals surface area contributed by atoms with Gasteiger partial charge in [0.05, 0.1) is 23.4 Å². The van der Waals surface area contributed by atoms with Gasteiger partial charge in [0.2, 0.25) is 10.0 Å². The first-order chi connectivity index (χ1) is 15.7. The van der Waals surface area contributed by atoms with Gasteiger partial charge < -0.3 is 9.84 Å². The van der Waals surface area contributed by atoms with Crippen LogP contribution in [0, 0.1) is 12.7 Å². The van der Waals surface area contributed by atoms with E-state index in [0.717, 1.165) is 23.9 Å². The number of halogens is 1. The first-order valence-electron chi connectivity index (χ1n) is 9.81. The van der Waals surface area contributed by atoms with Gasteiger partial charge in [0.15, 0.2) is 0 Å². The molecule has 33 heavy (non-hydrogen) atoms. The molecule has 10 heteroatoms. The second-order valence-corrected chi connectivity index (χ2v) is 8.99. The van der Waals surface area contributed by atoms with Crippen LogP contribution in [0.2, 0.25) is 0 Å². The smallest absolute Gasteiger partial charge is 0.338 e. The van der Waals surface area contributed by atoms with Crippen molar-refractivity contribution in [3.8, 4) is 0 Å². The number of pyridine rings is 1. The van der Waals surface area contributed by atoms with Gasteiger partial charge in [-0.15, -0.1) is 0 Å². The molecule has 0 fully saturated rings. The number of sulfonamides is 1. The van der Waals surface area contributed by atoms with Crippen molar-refractivity contribution in [3.05, 3.63) is 101 Å². The molecule has 2 N–H and O–H groups in total. The molecule has 1 amide bonds. The largest absolute Gasteiger partial charge is 0.456 e. The molecule has 0 aliphatic rings. The molecule has 2 aromatic carbocycles. The predicted molar refractivity (Wildman–Crippen MR) is 117 cm³/mol. The molecule has 3 rings (SSSR count). The second-order valence-electron chi connectivity index (χ2n) is 7.13. The monoisotopic (exact) mass is 472 g/mol. The van der Waals surface area contributed by atoms with E-state index in [9.17, 15) is 27.5 Å². The molecule has 1 heterocycles. The maximum atomic E-state index is 13.4. The average molecular weight is 472 g/mol. The highest BCUT2D eigenvalue weighted by molar-refractivity contribution is 7.90. The third kappa shape index (κ3) is 5.99. The Balaban J connectivity index is 1.65. The zero-order chi connectivity index (χ0) is 24.0. The summed E-state index contributed by atoms with van der Waals surface area (Å²) >= 11 is 0. The van der Waals surface area contributed by atoms with Crippen molar-refractivity contribution in [3.63, 3.8) is 0 Å². The molecular weight excluding hydrogens is 451 g/mol. The number of hydrogen-bond donors (Lipinski definition) is 2. The fraction of sp³-hybridized carbons (Fsp3) is 0.174. The van der Waals surface area contributed by atoms with E-state index in [2.05, 4.69) is 4.98 Å². The van der Waals surface area contributed by atoms with Crippen molar-refractivity contribution in [2.75, 3.05) is 6.61 Å². The summed E-state index contributed by atoms with van der Waals surface area (Å²) in [5, 5.41) is 7.99. The van der Waals surface area contributed by atoms with Gasteiger partial charge in [-0.25, -0.2) is 22.3 Å². The van der Waals surface area contributed by atoms with Crippen LogP contribution in [-0.4, -0.2) is 37.0 Å². The fourth-order valence-corrected chi connectivity index (χ4v) is 4.23. The van der Waals surface area contributed by atoms with Gasteiger partial charge in [-0.1, -0.05) is 30.3 Å². The number of ether oxygens (including phenoxy) is 1. The van der Waals surface area contributed by atoms with Crippen molar-refractivity contribution < 1.29 is 32.2 Å². The first-order valence-corrected chi connectivity index (χ1v) is 11.4. The summed E-state index contributed by atoms with van der Waals surface area (Å²) in [5.41, 5.74) is 1.48. The summed E-state index contributed by atoms with van der Waals surface area (Å²) in [7, 11) is -4.37. The summed E-state index contributed by atoms with van der Waals surface area (Å²) in [5.74, 6) is -2.16. The fourth-order valence-electron chi connectivity index (χ4n) is 3.01. The lowest BCUT2D eigenvalue weighted by Crippen LogP contribution is -2.36. The second kappa shape index (κ2) is 10.3. The minimum atomic E-state index is -4.37. The molecule has 1 atom stereocenters. The Labute approximate surface area is 190 Å². The third-order valence-electron chi connectivity index (χ3n) is 4.80. The Morgan fingerprint density at radius 3 is 2.52 bits per heavy atom. The Morgan fingerprint density at radius 1 is 1.12 bits per heavy atom. The molecule has 3 aromatic rings. The summed E-state index contributed by atoms with van der Waals surface area (Å²) < 4.78 is 45.7. The van der Waals surface area contributed by atoms with E-state index in [1.54, 1.807) is 31.2 Å². The van der Waals surface area contributed by atoms with Crippen molar-refractivity contribution in [2.24, 2.45) is 0 Å². The Hall–Kier alpha value is -3.63. The molecule has 0 saturated heterocycles. The summed E-state index contributed by atoms with van der Waals surface area (Å²) in [4.78, 5) is 28.6. The number of esters is 1. The molecule has 0 bridgehead atoms. The summed E-state index contributed by atoms with van der Waals surface area (Å²) in [6.07, 6.45) is 1.14. The van der Waals surface area contributed by atoms with Crippen molar-refractivity contribution in [2.45, 2.75) is 18.8 Å². The number of hydrogen-bond acceptors (Lipinski definition) is 7. The van der Waals surface area contributed by atoms with Crippen molar-refractivity contribution in [1.29, 1.82) is 0 Å². The Kier molecular flexibility index (Phi) is 7.52. The molecule has 0 aliphatic heterocycles. The van der Waals surface area contributed by atoms with Crippen LogP contribution < -0.4 is 4.72 Å². The number of amides is 1. The highest BCUT2D eigenvalue weighted by Gasteiger charge is 2.29. The zero-order valence-corrected chi connectivity index (χ0v) is 18.4. The van der Waals surface area contributed by atoms with Crippen LogP contribution >= 0.6 is 0 Å². The minimum Gasteiger partial charge on any atom is -0.456 e. The van der Waals surface area contributed by atoms with Gasteiger partial charge >= 0.3 is 5.97 Å². The number of nitrogens with zero attached hydrogens (tertiary/aromatic N) is 1. The highest BCUT2D eigenvalue weighted by atomic mass is 32.2. The molecule has 8 nitrogen and oxygen atoms in total. The highest BCUT2D eigenvalue weighted by Crippen LogP contribution is 2.22. The van der Waals surface area contributed by atoms with E-state index < -0.39 is 39.6 Å². The van der Waals surface area contributed by atoms with Crippen LogP contribution in [0.3, 0.4) is 0 Å². The molecule has 0 spiro atoms. The summed E-state index contributed by atoms with van der Waals surface area (Å²) in [6, 6.07) is 14.4. The quantitative estimate of drug-likeness (QED) is 0.483. The van der Waals surface area contributed by atoms with E-state index in [-0.39, 0.29) is 17.7 Å². The minimum absolute atomic E-state index is 0.00161. The number of carbonyl (C=O) groups excluding carboxylic acids is 2. The number of benzene rings is 2. The lowest BCUT2D eigenvalue weighted by atomic mass is 10.1. The number of aliphatic hydroxyl groups is 1. The van der Waals surface area contributed by atoms with E-state index in [0.29, 0.717) is 11.3 Å². The van der Waals surface area contributed by atoms with Crippen molar-refractivity contribution >= 4 is 21.9 Å². The van der Waals surface area contributed by atoms with E-state index >= 15 is 0 Å². The van der Waals surface area contributed by atoms with Crippen LogP contribution in [0.15, 0.2) is 66.9 Å². The normalized spacial score (nSPS) is 12.1. The van der Waals surface area contributed by atoms with E-state index in [1.165, 1.54) is 24.3 Å². The van der Waals surface area contributed by atoms with Gasteiger partial charge in [-0.05, 0) is 48.4 Å². The molecule has 172 valence electrons. The van der Waals surface area contributed by atoms with Crippen LogP contribution in [-0.2, 0) is 21.4 Å². The van der Waals surface area contributed by atoms with E-state index in [1.807, 2.05) is 4.72 Å². The summed E-state index contributed by atoms with van der Waals surface area (Å²) in [6.45, 7) is 0.793. The lowest BCUT2D eigenvalue weighted by molar-refractivity contribution is 0.0466. The van der Waals surface area contributed by atoms with Gasteiger partial charge in [0.1, 0.15) is 17.7 Å². The van der Waals surface area contributed by atoms with Gasteiger partial charge in [0.25, 0.3) is 5.91 Å². The lowest BCUT2D eigenvalue weighted by Gasteiger charge is -2.16. The zero-order valence-electron chi connectivity index (χ0n) is 17.6. The van der Waals surface area contributed by atoms with Crippen molar-refractivity contribution in [1.82, 2.24) is 9.71 Å². The number of aliphatic hydroxyl groups excluding tert-OH is 1. The van der Waals surface area contributed by atoms with Crippen LogP contribution in [0.1, 0.15) is 42.8 Å². The molecular formula is C23H21FN2O6S. The number of nitrogens with one attached hydrogen (secondary N) is 1. The molecule has 0 saturated carbocycles. The van der Waals surface area contributed by atoms with Gasteiger partial charge in [0, 0.05) is 6.20 Å². The molecule has 0 aliphatic carbocycles. The maximum Gasteiger partial charge on any atom is 0.338 e. The molecule has 0 radical (unpaired) electrons. The standard InChI is InChI=1S/C23H21FN2O6S/c1-15-5-2-3-8-20(15)23(29)32-14-19-10-9-17(12-25-19)22(28)26-33(30,31)21(13-27)16-6-4-7-18(24)11-16/h2-12,21,27H,13-14H2,1H3,(H,26,28). The van der Waals surface area contributed by atoms with E-state index in [4.69, 9.17) is 4.74 Å². The Morgan fingerprint density at radius 2 is 1.88 bits per heavy atom. The van der Waals surface area contributed by atoms with Gasteiger partial charge in [-0.3, -0.25) is 9.78 Å². The van der Waals surface area contributed by atoms with Crippen LogP contribution in [0.5, 0.6) is 0 Å². The predicted octanol–water partition coefficient (Wildman–Crippen LogP) is 2.68. The molecule has 1 unspecified atom stereocenters. The SMILES string of the molecule is Cc1ccccc1C(=O)OCc1ccc(C(=O)NS(=O)(=O)C(CO)c2cccc(F)c2)cn1. The van der Waals surface area contributed by atoms with Crippen LogP contribution in [0.25, 0.3) is 0 Å². The first kappa shape index (κ1) is 24.0. The molecule has 1 aromatic heterocycles. The average Bonchev–Trinajstić information content (AvgIpc) is 2.78. The Bertz CT molecular complexity index is 1260. The number of carbonyl (C=O) groups is 2. The van der Waals surface area contributed by atoms with Crippen LogP contribution in [0.4, 0.5) is 4.39 Å². The number of aromatic nitrogens is 1. The number of aryl methyl sites for hydroxylation is 1. The van der Waals surface area contributed by atoms with Gasteiger partial charge in [-0.2, -0.15) is 0 Å².